The van der Waals surface area contributed by atoms with Crippen molar-refractivity contribution >= 4 is 11.3 Å². The number of benzene rings is 3. The molecule has 30 heavy (non-hydrogen) atoms. The summed E-state index contributed by atoms with van der Waals surface area (Å²) in [6.07, 6.45) is 0.890. The van der Waals surface area contributed by atoms with E-state index in [1.54, 1.807) is 11.3 Å². The van der Waals surface area contributed by atoms with E-state index in [9.17, 15) is 0 Å². The summed E-state index contributed by atoms with van der Waals surface area (Å²) in [7, 11) is 0. The van der Waals surface area contributed by atoms with E-state index in [4.69, 9.17) is 9.47 Å². The molecule has 0 aliphatic carbocycles. The van der Waals surface area contributed by atoms with Crippen LogP contribution in [0, 0.1) is 13.8 Å². The highest BCUT2D eigenvalue weighted by Crippen LogP contribution is 2.28. The van der Waals surface area contributed by atoms with Gasteiger partial charge in [0.2, 0.25) is 0 Å². The molecule has 0 atom stereocenters. The van der Waals surface area contributed by atoms with Crippen LogP contribution >= 0.6 is 11.3 Å². The van der Waals surface area contributed by atoms with E-state index >= 15 is 0 Å². The molecule has 1 heterocycles. The minimum absolute atomic E-state index is 0.551. The molecule has 0 spiro atoms. The Morgan fingerprint density at radius 3 is 2.47 bits per heavy atom. The van der Waals surface area contributed by atoms with Gasteiger partial charge in [-0.1, -0.05) is 42.5 Å². The third kappa shape index (κ3) is 5.08. The average Bonchev–Trinajstić information content (AvgIpc) is 3.18. The first kappa shape index (κ1) is 20.2. The van der Waals surface area contributed by atoms with E-state index in [-0.39, 0.29) is 0 Å². The fourth-order valence-corrected chi connectivity index (χ4v) is 4.15. The quantitative estimate of drug-likeness (QED) is 0.324. The van der Waals surface area contributed by atoms with E-state index in [0.717, 1.165) is 29.2 Å². The second-order valence-electron chi connectivity index (χ2n) is 7.24. The Morgan fingerprint density at radius 1 is 0.833 bits per heavy atom. The molecule has 0 saturated carbocycles. The third-order valence-electron chi connectivity index (χ3n) is 5.03. The Kier molecular flexibility index (Phi) is 6.45. The summed E-state index contributed by atoms with van der Waals surface area (Å²) in [5.74, 6) is 1.79. The first-order chi connectivity index (χ1) is 14.7. The number of thiazole rings is 1. The molecule has 3 aromatic carbocycles. The molecule has 152 valence electrons. The lowest BCUT2D eigenvalue weighted by Crippen LogP contribution is -2.01. The van der Waals surface area contributed by atoms with Crippen LogP contribution in [-0.2, 0) is 13.0 Å². The number of para-hydroxylation sites is 1. The molecule has 4 heteroatoms. The van der Waals surface area contributed by atoms with Crippen LogP contribution in [0.4, 0.5) is 0 Å². The Morgan fingerprint density at radius 2 is 1.70 bits per heavy atom. The molecular formula is C26H25NO2S. The van der Waals surface area contributed by atoms with Crippen LogP contribution < -0.4 is 9.47 Å². The standard InChI is InChI=1S/C26H25NO2S/c1-19-15-24(28-14-13-26-20(2)27-18-30-26)11-12-25(19)22-8-6-7-21(16-22)17-29-23-9-4-3-5-10-23/h3-12,15-16,18H,13-14,17H2,1-2H3. The van der Waals surface area contributed by atoms with Crippen LogP contribution in [0.3, 0.4) is 0 Å². The first-order valence-electron chi connectivity index (χ1n) is 10.1. The van der Waals surface area contributed by atoms with Gasteiger partial charge < -0.3 is 9.47 Å². The van der Waals surface area contributed by atoms with Crippen LogP contribution in [0.5, 0.6) is 11.5 Å². The van der Waals surface area contributed by atoms with Gasteiger partial charge in [-0.15, -0.1) is 11.3 Å². The van der Waals surface area contributed by atoms with Crippen molar-refractivity contribution in [3.8, 4) is 22.6 Å². The molecule has 0 radical (unpaired) electrons. The van der Waals surface area contributed by atoms with E-state index in [1.807, 2.05) is 42.8 Å². The maximum Gasteiger partial charge on any atom is 0.119 e. The van der Waals surface area contributed by atoms with Crippen molar-refractivity contribution in [1.82, 2.24) is 4.98 Å². The van der Waals surface area contributed by atoms with Gasteiger partial charge in [-0.3, -0.25) is 0 Å². The zero-order valence-corrected chi connectivity index (χ0v) is 18.1. The lowest BCUT2D eigenvalue weighted by atomic mass is 9.99. The summed E-state index contributed by atoms with van der Waals surface area (Å²) in [6, 6.07) is 24.7. The van der Waals surface area contributed by atoms with Crippen molar-refractivity contribution < 1.29 is 9.47 Å². The molecule has 4 rings (SSSR count). The number of ether oxygens (including phenoxy) is 2. The molecule has 3 nitrogen and oxygen atoms in total. The van der Waals surface area contributed by atoms with Gasteiger partial charge in [0, 0.05) is 11.3 Å². The number of hydrogen-bond donors (Lipinski definition) is 0. The molecule has 0 bridgehead atoms. The van der Waals surface area contributed by atoms with E-state index in [1.165, 1.54) is 21.6 Å². The van der Waals surface area contributed by atoms with Gasteiger partial charge in [-0.25, -0.2) is 4.98 Å². The van der Waals surface area contributed by atoms with Gasteiger partial charge in [0.25, 0.3) is 0 Å². The smallest absolute Gasteiger partial charge is 0.119 e. The Bertz CT molecular complexity index is 1100. The monoisotopic (exact) mass is 415 g/mol. The number of nitrogens with zero attached hydrogens (tertiary/aromatic N) is 1. The highest BCUT2D eigenvalue weighted by atomic mass is 32.1. The SMILES string of the molecule is Cc1cc(OCCc2scnc2C)ccc1-c1cccc(COc2ccccc2)c1. The lowest BCUT2D eigenvalue weighted by Gasteiger charge is -2.12. The maximum absolute atomic E-state index is 5.98. The number of rotatable bonds is 8. The molecule has 4 aromatic rings. The maximum atomic E-state index is 5.98. The zero-order chi connectivity index (χ0) is 20.8. The predicted molar refractivity (Wildman–Crippen MR) is 123 cm³/mol. The fraction of sp³-hybridized carbons (Fsp3) is 0.192. The van der Waals surface area contributed by atoms with Crippen molar-refractivity contribution in [1.29, 1.82) is 0 Å². The molecule has 1 aromatic heterocycles. The van der Waals surface area contributed by atoms with Gasteiger partial charge in [0.15, 0.2) is 0 Å². The van der Waals surface area contributed by atoms with Crippen molar-refractivity contribution in [3.05, 3.63) is 100 Å². The lowest BCUT2D eigenvalue weighted by molar-refractivity contribution is 0.306. The van der Waals surface area contributed by atoms with Crippen molar-refractivity contribution in [2.45, 2.75) is 26.9 Å². The Balaban J connectivity index is 1.40. The molecule has 0 N–H and O–H groups in total. The topological polar surface area (TPSA) is 31.4 Å². The molecule has 0 unspecified atom stereocenters. The molecule has 0 aliphatic heterocycles. The number of aryl methyl sites for hydroxylation is 2. The number of aromatic nitrogens is 1. The predicted octanol–water partition coefficient (Wildman–Crippen LogP) is 6.63. The number of hydrogen-bond acceptors (Lipinski definition) is 4. The minimum atomic E-state index is 0.551. The summed E-state index contributed by atoms with van der Waals surface area (Å²) in [5.41, 5.74) is 7.74. The van der Waals surface area contributed by atoms with Crippen LogP contribution in [0.1, 0.15) is 21.7 Å². The average molecular weight is 416 g/mol. The largest absolute Gasteiger partial charge is 0.493 e. The third-order valence-corrected chi connectivity index (χ3v) is 6.02. The van der Waals surface area contributed by atoms with Crippen LogP contribution in [0.2, 0.25) is 0 Å². The highest BCUT2D eigenvalue weighted by Gasteiger charge is 2.07. The van der Waals surface area contributed by atoms with Crippen molar-refractivity contribution in [2.24, 2.45) is 0 Å². The highest BCUT2D eigenvalue weighted by molar-refractivity contribution is 7.09. The molecule has 0 aliphatic rings. The molecule has 0 amide bonds. The van der Waals surface area contributed by atoms with Gasteiger partial charge >= 0.3 is 0 Å². The van der Waals surface area contributed by atoms with E-state index < -0.39 is 0 Å². The minimum Gasteiger partial charge on any atom is -0.493 e. The summed E-state index contributed by atoms with van der Waals surface area (Å²) < 4.78 is 11.9. The summed E-state index contributed by atoms with van der Waals surface area (Å²) in [6.45, 7) is 5.38. The van der Waals surface area contributed by atoms with Crippen LogP contribution in [0.15, 0.2) is 78.3 Å². The van der Waals surface area contributed by atoms with Crippen molar-refractivity contribution in [2.75, 3.05) is 6.61 Å². The van der Waals surface area contributed by atoms with Gasteiger partial charge in [0.05, 0.1) is 17.8 Å². The summed E-state index contributed by atoms with van der Waals surface area (Å²) in [5, 5.41) is 0. The normalized spacial score (nSPS) is 10.7. The Hall–Kier alpha value is -3.11. The Labute approximate surface area is 182 Å². The molecule has 0 saturated heterocycles. The second kappa shape index (κ2) is 9.59. The fourth-order valence-electron chi connectivity index (χ4n) is 3.39. The van der Waals surface area contributed by atoms with Crippen LogP contribution in [-0.4, -0.2) is 11.6 Å². The van der Waals surface area contributed by atoms with Gasteiger partial charge in [0.1, 0.15) is 18.1 Å². The van der Waals surface area contributed by atoms with Gasteiger partial charge in [-0.2, -0.15) is 0 Å². The van der Waals surface area contributed by atoms with Crippen molar-refractivity contribution in [3.63, 3.8) is 0 Å². The zero-order valence-electron chi connectivity index (χ0n) is 17.3. The summed E-state index contributed by atoms with van der Waals surface area (Å²) >= 11 is 1.69. The first-order valence-corrected chi connectivity index (χ1v) is 11.0. The van der Waals surface area contributed by atoms with Gasteiger partial charge in [-0.05, 0) is 66.4 Å². The van der Waals surface area contributed by atoms with E-state index in [0.29, 0.717) is 13.2 Å². The molecule has 0 fully saturated rings. The summed E-state index contributed by atoms with van der Waals surface area (Å²) in [4.78, 5) is 5.58. The second-order valence-corrected chi connectivity index (χ2v) is 8.18. The molecular weight excluding hydrogens is 390 g/mol. The van der Waals surface area contributed by atoms with E-state index in [2.05, 4.69) is 54.4 Å². The van der Waals surface area contributed by atoms with Crippen LogP contribution in [0.25, 0.3) is 11.1 Å².